The van der Waals surface area contributed by atoms with E-state index in [1.165, 1.54) is 6.26 Å². The van der Waals surface area contributed by atoms with Crippen molar-refractivity contribution in [1.29, 1.82) is 0 Å². The van der Waals surface area contributed by atoms with Crippen molar-refractivity contribution in [3.8, 4) is 0 Å². The van der Waals surface area contributed by atoms with Gasteiger partial charge >= 0.3 is 0 Å². The van der Waals surface area contributed by atoms with E-state index >= 15 is 0 Å². The molecule has 0 bridgehead atoms. The first-order chi connectivity index (χ1) is 6.58. The van der Waals surface area contributed by atoms with Gasteiger partial charge in [-0.2, -0.15) is 0 Å². The molecular weight excluding hydrogens is 202 g/mol. The molecule has 1 N–H and O–H groups in total. The largest absolute Gasteiger partial charge is 0.377 e. The second kappa shape index (κ2) is 5.68. The summed E-state index contributed by atoms with van der Waals surface area (Å²) in [5.41, 5.74) is 0. The van der Waals surface area contributed by atoms with Crippen LogP contribution in [0.2, 0.25) is 0 Å². The molecule has 1 unspecified atom stereocenters. The standard InChI is InChI=1S/C9H19NO3S/c1-14(11,12)7-3-5-10-8-9-4-2-6-13-9/h9-10H,2-8H2,1H3. The van der Waals surface area contributed by atoms with E-state index in [0.29, 0.717) is 12.5 Å². The third-order valence-corrected chi connectivity index (χ3v) is 3.29. The molecule has 1 fully saturated rings. The number of ether oxygens (including phenoxy) is 1. The summed E-state index contributed by atoms with van der Waals surface area (Å²) < 4.78 is 27.0. The van der Waals surface area contributed by atoms with E-state index in [9.17, 15) is 8.42 Å². The summed E-state index contributed by atoms with van der Waals surface area (Å²) in [7, 11) is -2.79. The third kappa shape index (κ3) is 5.57. The lowest BCUT2D eigenvalue weighted by atomic mass is 10.2. The highest BCUT2D eigenvalue weighted by Crippen LogP contribution is 2.10. The van der Waals surface area contributed by atoms with Crippen LogP contribution < -0.4 is 5.32 Å². The molecule has 1 saturated heterocycles. The van der Waals surface area contributed by atoms with Gasteiger partial charge in [-0.3, -0.25) is 0 Å². The van der Waals surface area contributed by atoms with Crippen LogP contribution in [0.1, 0.15) is 19.3 Å². The summed E-state index contributed by atoms with van der Waals surface area (Å²) >= 11 is 0. The first-order valence-electron chi connectivity index (χ1n) is 5.08. The summed E-state index contributed by atoms with van der Waals surface area (Å²) in [5, 5.41) is 3.21. The molecule has 1 aliphatic rings. The lowest BCUT2D eigenvalue weighted by Crippen LogP contribution is -2.27. The van der Waals surface area contributed by atoms with Crippen molar-refractivity contribution in [2.75, 3.05) is 31.7 Å². The second-order valence-corrected chi connectivity index (χ2v) is 6.08. The van der Waals surface area contributed by atoms with Crippen LogP contribution in [0.4, 0.5) is 0 Å². The summed E-state index contributed by atoms with van der Waals surface area (Å²) in [6.45, 7) is 2.48. The van der Waals surface area contributed by atoms with Gasteiger partial charge in [0.1, 0.15) is 9.84 Å². The van der Waals surface area contributed by atoms with E-state index in [1.807, 2.05) is 0 Å². The molecule has 0 aromatic heterocycles. The van der Waals surface area contributed by atoms with Gasteiger partial charge in [-0.05, 0) is 25.8 Å². The van der Waals surface area contributed by atoms with Crippen molar-refractivity contribution in [3.63, 3.8) is 0 Å². The zero-order valence-corrected chi connectivity index (χ0v) is 9.48. The van der Waals surface area contributed by atoms with Crippen LogP contribution in [0, 0.1) is 0 Å². The Morgan fingerprint density at radius 2 is 2.29 bits per heavy atom. The Kier molecular flexibility index (Phi) is 4.84. The first-order valence-corrected chi connectivity index (χ1v) is 7.14. The molecule has 1 rings (SSSR count). The quantitative estimate of drug-likeness (QED) is 0.651. The number of sulfone groups is 1. The van der Waals surface area contributed by atoms with Crippen LogP contribution in [0.3, 0.4) is 0 Å². The number of rotatable bonds is 6. The average molecular weight is 221 g/mol. The topological polar surface area (TPSA) is 55.4 Å². The van der Waals surface area contributed by atoms with Gasteiger partial charge < -0.3 is 10.1 Å². The molecule has 4 nitrogen and oxygen atoms in total. The maximum absolute atomic E-state index is 10.8. The van der Waals surface area contributed by atoms with Crippen molar-refractivity contribution < 1.29 is 13.2 Å². The van der Waals surface area contributed by atoms with Crippen molar-refractivity contribution in [3.05, 3.63) is 0 Å². The maximum Gasteiger partial charge on any atom is 0.147 e. The molecule has 1 atom stereocenters. The highest BCUT2D eigenvalue weighted by molar-refractivity contribution is 7.90. The van der Waals surface area contributed by atoms with E-state index in [-0.39, 0.29) is 5.75 Å². The minimum absolute atomic E-state index is 0.269. The average Bonchev–Trinajstić information content (AvgIpc) is 2.54. The van der Waals surface area contributed by atoms with Crippen molar-refractivity contribution in [1.82, 2.24) is 5.32 Å². The zero-order valence-electron chi connectivity index (χ0n) is 8.66. The van der Waals surface area contributed by atoms with Crippen LogP contribution in [-0.2, 0) is 14.6 Å². The summed E-state index contributed by atoms with van der Waals surface area (Å²) in [6, 6.07) is 0. The predicted molar refractivity (Wildman–Crippen MR) is 56.2 cm³/mol. The van der Waals surface area contributed by atoms with E-state index in [4.69, 9.17) is 4.74 Å². The Morgan fingerprint density at radius 3 is 2.86 bits per heavy atom. The fourth-order valence-corrected chi connectivity index (χ4v) is 2.20. The second-order valence-electron chi connectivity index (χ2n) is 3.82. The van der Waals surface area contributed by atoms with Gasteiger partial charge in [0.25, 0.3) is 0 Å². The van der Waals surface area contributed by atoms with Crippen molar-refractivity contribution >= 4 is 9.84 Å². The molecule has 84 valence electrons. The van der Waals surface area contributed by atoms with Crippen molar-refractivity contribution in [2.45, 2.75) is 25.4 Å². The molecule has 1 aliphatic heterocycles. The van der Waals surface area contributed by atoms with E-state index in [2.05, 4.69) is 5.32 Å². The fourth-order valence-electron chi connectivity index (χ4n) is 1.53. The van der Waals surface area contributed by atoms with Gasteiger partial charge in [-0.15, -0.1) is 0 Å². The minimum Gasteiger partial charge on any atom is -0.377 e. The Labute approximate surface area is 85.9 Å². The number of hydrogen-bond donors (Lipinski definition) is 1. The Hall–Kier alpha value is -0.130. The summed E-state index contributed by atoms with van der Waals surface area (Å²) in [6.07, 6.45) is 4.57. The lowest BCUT2D eigenvalue weighted by molar-refractivity contribution is 0.110. The minimum atomic E-state index is -2.79. The van der Waals surface area contributed by atoms with Crippen LogP contribution in [0.25, 0.3) is 0 Å². The highest BCUT2D eigenvalue weighted by Gasteiger charge is 2.14. The third-order valence-electron chi connectivity index (χ3n) is 2.26. The molecule has 1 heterocycles. The molecular formula is C9H19NO3S. The summed E-state index contributed by atoms with van der Waals surface area (Å²) in [4.78, 5) is 0. The van der Waals surface area contributed by atoms with E-state index < -0.39 is 9.84 Å². The van der Waals surface area contributed by atoms with Crippen LogP contribution in [0.5, 0.6) is 0 Å². The summed E-state index contributed by atoms with van der Waals surface area (Å²) in [5.74, 6) is 0.269. The van der Waals surface area contributed by atoms with Gasteiger partial charge in [0, 0.05) is 19.4 Å². The SMILES string of the molecule is CS(=O)(=O)CCCNCC1CCCO1. The number of hydrogen-bond acceptors (Lipinski definition) is 4. The van der Waals surface area contributed by atoms with Gasteiger partial charge in [0.05, 0.1) is 11.9 Å². The molecule has 0 saturated carbocycles. The van der Waals surface area contributed by atoms with E-state index in [1.54, 1.807) is 0 Å². The zero-order chi connectivity index (χ0) is 10.4. The molecule has 0 spiro atoms. The molecule has 0 aliphatic carbocycles. The molecule has 14 heavy (non-hydrogen) atoms. The van der Waals surface area contributed by atoms with Crippen molar-refractivity contribution in [2.24, 2.45) is 0 Å². The lowest BCUT2D eigenvalue weighted by Gasteiger charge is -2.09. The molecule has 0 aromatic carbocycles. The number of nitrogens with one attached hydrogen (secondary N) is 1. The van der Waals surface area contributed by atoms with Gasteiger partial charge in [-0.25, -0.2) is 8.42 Å². The van der Waals surface area contributed by atoms with Crippen LogP contribution in [-0.4, -0.2) is 46.2 Å². The smallest absolute Gasteiger partial charge is 0.147 e. The van der Waals surface area contributed by atoms with Crippen LogP contribution >= 0.6 is 0 Å². The first kappa shape index (κ1) is 11.9. The normalized spacial score (nSPS) is 22.8. The predicted octanol–water partition coefficient (Wildman–Crippen LogP) is 0.190. The molecule has 0 aromatic rings. The Morgan fingerprint density at radius 1 is 1.50 bits per heavy atom. The molecule has 5 heteroatoms. The molecule has 0 amide bonds. The Bertz CT molecular complexity index is 245. The monoisotopic (exact) mass is 221 g/mol. The molecule has 0 radical (unpaired) electrons. The van der Waals surface area contributed by atoms with E-state index in [0.717, 1.165) is 32.5 Å². The fraction of sp³-hybridized carbons (Fsp3) is 1.00. The van der Waals surface area contributed by atoms with Crippen LogP contribution in [0.15, 0.2) is 0 Å². The van der Waals surface area contributed by atoms with Gasteiger partial charge in [0.15, 0.2) is 0 Å². The van der Waals surface area contributed by atoms with Gasteiger partial charge in [0.2, 0.25) is 0 Å². The maximum atomic E-state index is 10.8. The van der Waals surface area contributed by atoms with Gasteiger partial charge in [-0.1, -0.05) is 0 Å². The Balaban J connectivity index is 1.94. The highest BCUT2D eigenvalue weighted by atomic mass is 32.2.